The van der Waals surface area contributed by atoms with E-state index in [1.165, 1.54) is 0 Å². The molecule has 0 amide bonds. The zero-order chi connectivity index (χ0) is 11.7. The molecule has 1 fully saturated rings. The molecule has 0 aromatic rings. The van der Waals surface area contributed by atoms with Gasteiger partial charge in [0.2, 0.25) is 10.0 Å². The van der Waals surface area contributed by atoms with Gasteiger partial charge in [-0.1, -0.05) is 13.8 Å². The van der Waals surface area contributed by atoms with E-state index >= 15 is 0 Å². The van der Waals surface area contributed by atoms with Gasteiger partial charge >= 0.3 is 0 Å². The van der Waals surface area contributed by atoms with Gasteiger partial charge in [0.05, 0.1) is 5.25 Å². The maximum Gasteiger partial charge on any atom is 0.215 e. The molecule has 1 aliphatic rings. The Morgan fingerprint density at radius 3 is 2.20 bits per heavy atom. The first-order valence-corrected chi connectivity index (χ1v) is 7.06. The summed E-state index contributed by atoms with van der Waals surface area (Å²) in [6, 6.07) is 0.319. The zero-order valence-electron chi connectivity index (χ0n) is 10.0. The topological polar surface area (TPSA) is 58.2 Å². The molecule has 15 heavy (non-hydrogen) atoms. The SMILES string of the molecule is CC(C)NCC(C)S(=O)(=O)NC1(C)CC1. The van der Waals surface area contributed by atoms with Crippen LogP contribution >= 0.6 is 0 Å². The summed E-state index contributed by atoms with van der Waals surface area (Å²) in [4.78, 5) is 0. The Hall–Kier alpha value is -0.130. The van der Waals surface area contributed by atoms with Gasteiger partial charge in [-0.25, -0.2) is 13.1 Å². The predicted molar refractivity (Wildman–Crippen MR) is 62.3 cm³/mol. The first-order valence-electron chi connectivity index (χ1n) is 5.51. The summed E-state index contributed by atoms with van der Waals surface area (Å²) in [7, 11) is -3.16. The van der Waals surface area contributed by atoms with E-state index in [-0.39, 0.29) is 10.8 Å². The number of hydrogen-bond donors (Lipinski definition) is 2. The Balaban J connectivity index is 2.46. The quantitative estimate of drug-likeness (QED) is 0.716. The standard InChI is InChI=1S/C10H22N2O2S/c1-8(2)11-7-9(3)15(13,14)12-10(4)5-6-10/h8-9,11-12H,5-7H2,1-4H3. The van der Waals surface area contributed by atoms with Gasteiger partial charge < -0.3 is 5.32 Å². The molecule has 1 saturated carbocycles. The number of nitrogens with one attached hydrogen (secondary N) is 2. The lowest BCUT2D eigenvalue weighted by Crippen LogP contribution is -2.44. The Morgan fingerprint density at radius 1 is 1.27 bits per heavy atom. The van der Waals surface area contributed by atoms with E-state index in [0.29, 0.717) is 12.6 Å². The molecule has 0 saturated heterocycles. The fourth-order valence-electron chi connectivity index (χ4n) is 1.24. The van der Waals surface area contributed by atoms with E-state index in [9.17, 15) is 8.42 Å². The average molecular weight is 234 g/mol. The summed E-state index contributed by atoms with van der Waals surface area (Å²) in [6.07, 6.45) is 1.91. The Morgan fingerprint density at radius 2 is 1.80 bits per heavy atom. The maximum atomic E-state index is 11.8. The third kappa shape index (κ3) is 4.09. The van der Waals surface area contributed by atoms with Gasteiger partial charge in [0, 0.05) is 18.1 Å². The molecule has 4 nitrogen and oxygen atoms in total. The molecule has 0 heterocycles. The molecule has 1 atom stereocenters. The Bertz CT molecular complexity index is 307. The Kier molecular flexibility index (Phi) is 3.79. The number of sulfonamides is 1. The lowest BCUT2D eigenvalue weighted by atomic mass is 10.3. The van der Waals surface area contributed by atoms with Crippen LogP contribution in [0, 0.1) is 0 Å². The molecule has 5 heteroatoms. The molecular weight excluding hydrogens is 212 g/mol. The highest BCUT2D eigenvalue weighted by atomic mass is 32.2. The molecule has 1 aliphatic carbocycles. The normalized spacial score (nSPS) is 21.7. The average Bonchev–Trinajstić information content (AvgIpc) is 2.77. The third-order valence-electron chi connectivity index (χ3n) is 2.73. The van der Waals surface area contributed by atoms with Crippen molar-refractivity contribution in [2.24, 2.45) is 0 Å². The van der Waals surface area contributed by atoms with E-state index in [1.807, 2.05) is 20.8 Å². The van der Waals surface area contributed by atoms with Crippen molar-refractivity contribution < 1.29 is 8.42 Å². The summed E-state index contributed by atoms with van der Waals surface area (Å²) in [5.41, 5.74) is -0.162. The van der Waals surface area contributed by atoms with Crippen LogP contribution in [0.25, 0.3) is 0 Å². The van der Waals surface area contributed by atoms with Crippen molar-refractivity contribution in [2.75, 3.05) is 6.54 Å². The van der Waals surface area contributed by atoms with Gasteiger partial charge in [0.1, 0.15) is 0 Å². The van der Waals surface area contributed by atoms with Gasteiger partial charge in [-0.3, -0.25) is 0 Å². The van der Waals surface area contributed by atoms with Gasteiger partial charge in [0.15, 0.2) is 0 Å². The summed E-state index contributed by atoms with van der Waals surface area (Å²) in [5, 5.41) is 2.76. The maximum absolute atomic E-state index is 11.8. The lowest BCUT2D eigenvalue weighted by Gasteiger charge is -2.19. The van der Waals surface area contributed by atoms with Crippen LogP contribution in [0.5, 0.6) is 0 Å². The number of rotatable bonds is 6. The highest BCUT2D eigenvalue weighted by Crippen LogP contribution is 2.35. The van der Waals surface area contributed by atoms with Crippen molar-refractivity contribution in [2.45, 2.75) is 57.4 Å². The second kappa shape index (κ2) is 4.39. The molecular formula is C10H22N2O2S. The van der Waals surface area contributed by atoms with E-state index in [4.69, 9.17) is 0 Å². The summed E-state index contributed by atoms with van der Waals surface area (Å²) < 4.78 is 26.5. The first-order chi connectivity index (χ1) is 6.75. The molecule has 1 unspecified atom stereocenters. The summed E-state index contributed by atoms with van der Waals surface area (Å²) in [6.45, 7) is 8.21. The minimum atomic E-state index is -3.16. The van der Waals surface area contributed by atoms with Crippen LogP contribution in [0.2, 0.25) is 0 Å². The molecule has 0 aromatic heterocycles. The van der Waals surface area contributed by atoms with Gasteiger partial charge in [-0.15, -0.1) is 0 Å². The molecule has 1 rings (SSSR count). The van der Waals surface area contributed by atoms with E-state index in [2.05, 4.69) is 10.0 Å². The second-order valence-electron chi connectivity index (χ2n) is 5.08. The minimum absolute atomic E-state index is 0.162. The monoisotopic (exact) mass is 234 g/mol. The fourth-order valence-corrected chi connectivity index (χ4v) is 2.65. The summed E-state index contributed by atoms with van der Waals surface area (Å²) in [5.74, 6) is 0. The van der Waals surface area contributed by atoms with Crippen LogP contribution in [-0.4, -0.2) is 31.8 Å². The highest BCUT2D eigenvalue weighted by molar-refractivity contribution is 7.90. The molecule has 0 aromatic carbocycles. The molecule has 2 N–H and O–H groups in total. The van der Waals surface area contributed by atoms with Gasteiger partial charge in [-0.2, -0.15) is 0 Å². The van der Waals surface area contributed by atoms with Crippen LogP contribution in [0.15, 0.2) is 0 Å². The van der Waals surface area contributed by atoms with Crippen molar-refractivity contribution in [1.29, 1.82) is 0 Å². The molecule has 0 radical (unpaired) electrons. The van der Waals surface area contributed by atoms with Crippen LogP contribution in [0.4, 0.5) is 0 Å². The van der Waals surface area contributed by atoms with Crippen LogP contribution in [0.1, 0.15) is 40.5 Å². The second-order valence-corrected chi connectivity index (χ2v) is 7.18. The smallest absolute Gasteiger partial charge is 0.215 e. The van der Waals surface area contributed by atoms with Crippen molar-refractivity contribution >= 4 is 10.0 Å². The predicted octanol–water partition coefficient (Wildman–Crippen LogP) is 0.845. The van der Waals surface area contributed by atoms with E-state index in [0.717, 1.165) is 12.8 Å². The van der Waals surface area contributed by atoms with Crippen LogP contribution in [0.3, 0.4) is 0 Å². The highest BCUT2D eigenvalue weighted by Gasteiger charge is 2.42. The van der Waals surface area contributed by atoms with Crippen molar-refractivity contribution in [1.82, 2.24) is 10.0 Å². The van der Waals surface area contributed by atoms with Crippen LogP contribution < -0.4 is 10.0 Å². The molecule has 0 spiro atoms. The van der Waals surface area contributed by atoms with Gasteiger partial charge in [0.25, 0.3) is 0 Å². The van der Waals surface area contributed by atoms with Crippen LogP contribution in [-0.2, 0) is 10.0 Å². The minimum Gasteiger partial charge on any atom is -0.313 e. The largest absolute Gasteiger partial charge is 0.313 e. The fraction of sp³-hybridized carbons (Fsp3) is 1.00. The zero-order valence-corrected chi connectivity index (χ0v) is 10.8. The molecule has 0 aliphatic heterocycles. The lowest BCUT2D eigenvalue weighted by molar-refractivity contribution is 0.526. The molecule has 0 bridgehead atoms. The Labute approximate surface area is 92.9 Å². The van der Waals surface area contributed by atoms with Gasteiger partial charge in [-0.05, 0) is 26.7 Å². The number of hydrogen-bond acceptors (Lipinski definition) is 3. The molecule has 90 valence electrons. The third-order valence-corrected chi connectivity index (χ3v) is 4.74. The van der Waals surface area contributed by atoms with E-state index < -0.39 is 10.0 Å². The van der Waals surface area contributed by atoms with E-state index in [1.54, 1.807) is 6.92 Å². The summed E-state index contributed by atoms with van der Waals surface area (Å²) >= 11 is 0. The van der Waals surface area contributed by atoms with Crippen molar-refractivity contribution in [3.05, 3.63) is 0 Å². The first kappa shape index (κ1) is 12.9. The van der Waals surface area contributed by atoms with Crippen molar-refractivity contribution in [3.63, 3.8) is 0 Å². The van der Waals surface area contributed by atoms with Crippen molar-refractivity contribution in [3.8, 4) is 0 Å².